The van der Waals surface area contributed by atoms with Crippen LogP contribution in [0.2, 0.25) is 0 Å². The highest BCUT2D eigenvalue weighted by Gasteiger charge is 2.36. The fourth-order valence-corrected chi connectivity index (χ4v) is 4.22. The number of rotatable bonds is 6. The van der Waals surface area contributed by atoms with E-state index in [4.69, 9.17) is 0 Å². The molecule has 1 amide bonds. The first-order valence-electron chi connectivity index (χ1n) is 8.12. The molecule has 0 radical (unpaired) electrons. The number of carbonyl (C=O) groups is 1. The third-order valence-electron chi connectivity index (χ3n) is 4.83. The van der Waals surface area contributed by atoms with Crippen LogP contribution in [0, 0.1) is 10.1 Å². The highest BCUT2D eigenvalue weighted by Crippen LogP contribution is 2.41. The second-order valence-electron chi connectivity index (χ2n) is 6.38. The molecule has 6 heteroatoms. The molecule has 1 aliphatic carbocycles. The average Bonchev–Trinajstić information content (AvgIpc) is 3.26. The third-order valence-corrected chi connectivity index (χ3v) is 5.51. The maximum Gasteiger partial charge on any atom is 0.269 e. The van der Waals surface area contributed by atoms with Crippen LogP contribution >= 0.6 is 11.3 Å². The summed E-state index contributed by atoms with van der Waals surface area (Å²) in [5.41, 5.74) is 2.24. The molecular formula is C18H20N2O3S. The van der Waals surface area contributed by atoms with Gasteiger partial charge in [0.25, 0.3) is 5.69 Å². The Bertz CT molecular complexity index is 704. The summed E-state index contributed by atoms with van der Waals surface area (Å²) in [6, 6.07) is 8.32. The summed E-state index contributed by atoms with van der Waals surface area (Å²) in [4.78, 5) is 22.5. The Morgan fingerprint density at radius 2 is 1.92 bits per heavy atom. The van der Waals surface area contributed by atoms with Crippen molar-refractivity contribution in [2.75, 3.05) is 6.54 Å². The number of hydrogen-bond acceptors (Lipinski definition) is 4. The predicted octanol–water partition coefficient (Wildman–Crippen LogP) is 3.83. The summed E-state index contributed by atoms with van der Waals surface area (Å²) in [7, 11) is 0. The van der Waals surface area contributed by atoms with Gasteiger partial charge < -0.3 is 5.32 Å². The molecule has 1 fully saturated rings. The van der Waals surface area contributed by atoms with Crippen LogP contribution in [0.3, 0.4) is 0 Å². The molecule has 1 saturated carbocycles. The fourth-order valence-electron chi connectivity index (χ4n) is 3.44. The van der Waals surface area contributed by atoms with Gasteiger partial charge in [-0.2, -0.15) is 11.3 Å². The monoisotopic (exact) mass is 344 g/mol. The number of amides is 1. The van der Waals surface area contributed by atoms with E-state index in [0.717, 1.165) is 18.4 Å². The Morgan fingerprint density at radius 1 is 1.21 bits per heavy atom. The Labute approximate surface area is 144 Å². The molecule has 0 unspecified atom stereocenters. The van der Waals surface area contributed by atoms with Gasteiger partial charge in [0.15, 0.2) is 0 Å². The lowest BCUT2D eigenvalue weighted by Crippen LogP contribution is -2.39. The molecule has 0 bridgehead atoms. The van der Waals surface area contributed by atoms with Gasteiger partial charge in [-0.15, -0.1) is 0 Å². The van der Waals surface area contributed by atoms with Crippen molar-refractivity contribution in [1.29, 1.82) is 0 Å². The van der Waals surface area contributed by atoms with Crippen LogP contribution in [0.15, 0.2) is 41.1 Å². The van der Waals surface area contributed by atoms with E-state index in [2.05, 4.69) is 22.1 Å². The first-order valence-corrected chi connectivity index (χ1v) is 9.06. The second-order valence-corrected chi connectivity index (χ2v) is 7.16. The van der Waals surface area contributed by atoms with Gasteiger partial charge in [-0.3, -0.25) is 14.9 Å². The number of nitrogens with zero attached hydrogens (tertiary/aromatic N) is 1. The summed E-state index contributed by atoms with van der Waals surface area (Å²) in [5.74, 6) is -0.0367. The van der Waals surface area contributed by atoms with Crippen molar-refractivity contribution in [1.82, 2.24) is 5.32 Å². The predicted molar refractivity (Wildman–Crippen MR) is 94.3 cm³/mol. The van der Waals surface area contributed by atoms with Crippen LogP contribution < -0.4 is 5.32 Å². The van der Waals surface area contributed by atoms with Crippen molar-refractivity contribution in [2.24, 2.45) is 0 Å². The van der Waals surface area contributed by atoms with Crippen LogP contribution in [0.4, 0.5) is 5.69 Å². The molecule has 5 nitrogen and oxygen atoms in total. The van der Waals surface area contributed by atoms with Crippen molar-refractivity contribution >= 4 is 22.9 Å². The maximum atomic E-state index is 12.3. The zero-order chi connectivity index (χ0) is 17.0. The molecule has 1 heterocycles. The van der Waals surface area contributed by atoms with Gasteiger partial charge in [0.2, 0.25) is 5.91 Å². The summed E-state index contributed by atoms with van der Waals surface area (Å²) in [5, 5.41) is 18.0. The minimum Gasteiger partial charge on any atom is -0.355 e. The molecular weight excluding hydrogens is 324 g/mol. The van der Waals surface area contributed by atoms with Gasteiger partial charge >= 0.3 is 0 Å². The normalized spacial score (nSPS) is 16.0. The van der Waals surface area contributed by atoms with Crippen LogP contribution in [0.25, 0.3) is 0 Å². The molecule has 2 aromatic rings. The van der Waals surface area contributed by atoms with Crippen LogP contribution in [0.5, 0.6) is 0 Å². The van der Waals surface area contributed by atoms with Crippen LogP contribution in [-0.4, -0.2) is 17.4 Å². The van der Waals surface area contributed by atoms with E-state index in [-0.39, 0.29) is 23.4 Å². The summed E-state index contributed by atoms with van der Waals surface area (Å²) in [6.45, 7) is 0.662. The van der Waals surface area contributed by atoms with Crippen molar-refractivity contribution in [3.05, 3.63) is 62.3 Å². The minimum absolute atomic E-state index is 0.0367. The Morgan fingerprint density at radius 3 is 2.50 bits per heavy atom. The first kappa shape index (κ1) is 16.6. The van der Waals surface area contributed by atoms with Crippen molar-refractivity contribution in [3.8, 4) is 0 Å². The van der Waals surface area contributed by atoms with E-state index in [0.29, 0.717) is 6.54 Å². The number of hydrogen-bond donors (Lipinski definition) is 1. The van der Waals surface area contributed by atoms with Gasteiger partial charge in [0.05, 0.1) is 11.3 Å². The van der Waals surface area contributed by atoms with Gasteiger partial charge in [-0.1, -0.05) is 25.0 Å². The van der Waals surface area contributed by atoms with E-state index < -0.39 is 4.92 Å². The summed E-state index contributed by atoms with van der Waals surface area (Å²) in [6.07, 6.45) is 4.88. The number of benzene rings is 1. The van der Waals surface area contributed by atoms with Gasteiger partial charge in [-0.25, -0.2) is 0 Å². The van der Waals surface area contributed by atoms with Crippen molar-refractivity contribution in [3.63, 3.8) is 0 Å². The Kier molecular flexibility index (Phi) is 4.94. The molecule has 24 heavy (non-hydrogen) atoms. The molecule has 0 atom stereocenters. The smallest absolute Gasteiger partial charge is 0.269 e. The van der Waals surface area contributed by atoms with E-state index in [9.17, 15) is 14.9 Å². The van der Waals surface area contributed by atoms with E-state index in [1.165, 1.54) is 30.5 Å². The van der Waals surface area contributed by atoms with E-state index >= 15 is 0 Å². The molecule has 1 aromatic carbocycles. The molecule has 126 valence electrons. The largest absolute Gasteiger partial charge is 0.355 e. The quantitative estimate of drug-likeness (QED) is 0.639. The lowest BCUT2D eigenvalue weighted by molar-refractivity contribution is -0.384. The molecule has 1 N–H and O–H groups in total. The fraction of sp³-hybridized carbons (Fsp3) is 0.389. The lowest BCUT2D eigenvalue weighted by Gasteiger charge is -2.28. The molecule has 3 rings (SSSR count). The standard InChI is InChI=1S/C18H20N2O3S/c21-17(11-14-3-5-16(6-4-14)20(22)23)19-13-18(8-1-2-9-18)15-7-10-24-12-15/h3-7,10,12H,1-2,8-9,11,13H2,(H,19,21). The molecule has 1 aromatic heterocycles. The van der Waals surface area contributed by atoms with Crippen LogP contribution in [-0.2, 0) is 16.6 Å². The topological polar surface area (TPSA) is 72.2 Å². The molecule has 1 aliphatic rings. The first-order chi connectivity index (χ1) is 11.6. The van der Waals surface area contributed by atoms with Crippen LogP contribution in [0.1, 0.15) is 36.8 Å². The highest BCUT2D eigenvalue weighted by molar-refractivity contribution is 7.08. The maximum absolute atomic E-state index is 12.3. The Hall–Kier alpha value is -2.21. The van der Waals surface area contributed by atoms with Gasteiger partial charge in [0.1, 0.15) is 0 Å². The third kappa shape index (κ3) is 3.64. The summed E-state index contributed by atoms with van der Waals surface area (Å²) >= 11 is 1.70. The molecule has 0 saturated heterocycles. The van der Waals surface area contributed by atoms with E-state index in [1.54, 1.807) is 23.5 Å². The van der Waals surface area contributed by atoms with Gasteiger partial charge in [-0.05, 0) is 40.8 Å². The van der Waals surface area contributed by atoms with E-state index in [1.807, 2.05) is 0 Å². The number of carbonyl (C=O) groups excluding carboxylic acids is 1. The summed E-state index contributed by atoms with van der Waals surface area (Å²) < 4.78 is 0. The zero-order valence-electron chi connectivity index (χ0n) is 13.4. The van der Waals surface area contributed by atoms with Gasteiger partial charge in [0, 0.05) is 24.1 Å². The Balaban J connectivity index is 1.59. The lowest BCUT2D eigenvalue weighted by atomic mass is 9.80. The number of non-ortho nitro benzene ring substituents is 1. The minimum atomic E-state index is -0.436. The number of nitrogens with one attached hydrogen (secondary N) is 1. The number of nitro benzene ring substituents is 1. The second kappa shape index (κ2) is 7.13. The highest BCUT2D eigenvalue weighted by atomic mass is 32.1. The average molecular weight is 344 g/mol. The zero-order valence-corrected chi connectivity index (χ0v) is 14.2. The number of thiophene rings is 1. The molecule has 0 aliphatic heterocycles. The molecule has 0 spiro atoms. The van der Waals surface area contributed by atoms with Crippen molar-refractivity contribution < 1.29 is 9.72 Å². The number of nitro groups is 1. The SMILES string of the molecule is O=C(Cc1ccc([N+](=O)[O-])cc1)NCC1(c2ccsc2)CCCC1. The van der Waals surface area contributed by atoms with Crippen molar-refractivity contribution in [2.45, 2.75) is 37.5 Å².